The molecular weight excluding hydrogens is 176 g/mol. The van der Waals surface area contributed by atoms with Gasteiger partial charge in [-0.05, 0) is 12.1 Å². The van der Waals surface area contributed by atoms with Crippen LogP contribution < -0.4 is 0 Å². The second-order valence-corrected chi connectivity index (χ2v) is 2.94. The van der Waals surface area contributed by atoms with Crippen LogP contribution in [0.25, 0.3) is 11.3 Å². The molecule has 0 fully saturated rings. The number of pyridine rings is 1. The van der Waals surface area contributed by atoms with Gasteiger partial charge in [-0.1, -0.05) is 0 Å². The van der Waals surface area contributed by atoms with Gasteiger partial charge in [-0.15, -0.1) is 0 Å². The summed E-state index contributed by atoms with van der Waals surface area (Å²) in [4.78, 5) is 4.17. The van der Waals surface area contributed by atoms with Gasteiger partial charge in [-0.3, -0.25) is 9.67 Å². The summed E-state index contributed by atoms with van der Waals surface area (Å²) in [6.07, 6.45) is 5.22. The molecule has 0 unspecified atom stereocenters. The third kappa shape index (κ3) is 1.48. The number of nitrogens with zero attached hydrogens (tertiary/aromatic N) is 4. The normalized spacial score (nSPS) is 9.71. The smallest absolute Gasteiger partial charge is 0.0992 e. The van der Waals surface area contributed by atoms with Gasteiger partial charge >= 0.3 is 0 Å². The Hall–Kier alpha value is -2.15. The fraction of sp³-hybridized carbons (Fsp3) is 0.100. The first-order valence-electron chi connectivity index (χ1n) is 4.15. The van der Waals surface area contributed by atoms with Gasteiger partial charge in [-0.2, -0.15) is 10.4 Å². The summed E-state index contributed by atoms with van der Waals surface area (Å²) in [5.74, 6) is 0. The fourth-order valence-corrected chi connectivity index (χ4v) is 1.21. The lowest BCUT2D eigenvalue weighted by atomic mass is 10.2. The molecule has 0 saturated heterocycles. The number of rotatable bonds is 1. The molecular formula is C10H8N4. The minimum absolute atomic E-state index is 0.610. The largest absolute Gasteiger partial charge is 0.275 e. The standard InChI is InChI=1S/C10H8N4/c1-14-7-9(6-13-14)10-4-8(5-11)2-3-12-10/h2-4,6-7H,1H3. The lowest BCUT2D eigenvalue weighted by molar-refractivity contribution is 0.768. The molecule has 14 heavy (non-hydrogen) atoms. The van der Waals surface area contributed by atoms with Gasteiger partial charge in [0.2, 0.25) is 0 Å². The van der Waals surface area contributed by atoms with E-state index in [-0.39, 0.29) is 0 Å². The van der Waals surface area contributed by atoms with Gasteiger partial charge in [0.25, 0.3) is 0 Å². The maximum absolute atomic E-state index is 8.72. The zero-order valence-corrected chi connectivity index (χ0v) is 7.68. The zero-order chi connectivity index (χ0) is 9.97. The Morgan fingerprint density at radius 3 is 3.00 bits per heavy atom. The van der Waals surface area contributed by atoms with Crippen LogP contribution in [0.3, 0.4) is 0 Å². The lowest BCUT2D eigenvalue weighted by Gasteiger charge is -1.95. The van der Waals surface area contributed by atoms with Crippen LogP contribution in [0.2, 0.25) is 0 Å². The molecule has 0 saturated carbocycles. The molecule has 4 heteroatoms. The van der Waals surface area contributed by atoms with Crippen LogP contribution in [0, 0.1) is 11.3 Å². The van der Waals surface area contributed by atoms with Crippen molar-refractivity contribution in [2.24, 2.45) is 7.05 Å². The van der Waals surface area contributed by atoms with Crippen molar-refractivity contribution in [1.29, 1.82) is 5.26 Å². The summed E-state index contributed by atoms with van der Waals surface area (Å²) >= 11 is 0. The molecule has 0 bridgehead atoms. The van der Waals surface area contributed by atoms with Gasteiger partial charge in [0.15, 0.2) is 0 Å². The predicted octanol–water partition coefficient (Wildman–Crippen LogP) is 1.35. The minimum atomic E-state index is 0.610. The highest BCUT2D eigenvalue weighted by Gasteiger charge is 2.02. The predicted molar refractivity (Wildman–Crippen MR) is 51.2 cm³/mol. The van der Waals surface area contributed by atoms with E-state index in [0.29, 0.717) is 5.56 Å². The average molecular weight is 184 g/mol. The Balaban J connectivity index is 2.47. The molecule has 0 amide bonds. The van der Waals surface area contributed by atoms with E-state index in [9.17, 15) is 0 Å². The van der Waals surface area contributed by atoms with Crippen molar-refractivity contribution in [2.75, 3.05) is 0 Å². The molecule has 0 aliphatic carbocycles. The van der Waals surface area contributed by atoms with Crippen molar-refractivity contribution in [1.82, 2.24) is 14.8 Å². The Bertz CT molecular complexity index is 493. The molecule has 0 atom stereocenters. The molecule has 0 N–H and O–H groups in total. The van der Waals surface area contributed by atoms with Crippen LogP contribution in [0.4, 0.5) is 0 Å². The van der Waals surface area contributed by atoms with Gasteiger partial charge in [0.1, 0.15) is 0 Å². The van der Waals surface area contributed by atoms with E-state index in [4.69, 9.17) is 5.26 Å². The van der Waals surface area contributed by atoms with Crippen molar-refractivity contribution in [2.45, 2.75) is 0 Å². The summed E-state index contributed by atoms with van der Waals surface area (Å²) in [6.45, 7) is 0. The molecule has 2 rings (SSSR count). The Morgan fingerprint density at radius 1 is 1.50 bits per heavy atom. The fourth-order valence-electron chi connectivity index (χ4n) is 1.21. The van der Waals surface area contributed by atoms with Gasteiger partial charge in [0.05, 0.1) is 23.5 Å². The van der Waals surface area contributed by atoms with E-state index >= 15 is 0 Å². The van der Waals surface area contributed by atoms with E-state index in [1.807, 2.05) is 13.2 Å². The van der Waals surface area contributed by atoms with E-state index in [1.165, 1.54) is 0 Å². The van der Waals surface area contributed by atoms with Gasteiger partial charge < -0.3 is 0 Å². The van der Waals surface area contributed by atoms with Crippen LogP contribution in [-0.2, 0) is 7.05 Å². The van der Waals surface area contributed by atoms with Crippen molar-refractivity contribution >= 4 is 0 Å². The minimum Gasteiger partial charge on any atom is -0.275 e. The maximum Gasteiger partial charge on any atom is 0.0992 e. The summed E-state index contributed by atoms with van der Waals surface area (Å²) in [5.41, 5.74) is 2.31. The highest BCUT2D eigenvalue weighted by molar-refractivity contribution is 5.58. The number of nitriles is 1. The first kappa shape index (κ1) is 8.45. The monoisotopic (exact) mass is 184 g/mol. The maximum atomic E-state index is 8.72. The second kappa shape index (κ2) is 3.30. The molecule has 0 aliphatic rings. The Kier molecular flexibility index (Phi) is 1.99. The van der Waals surface area contributed by atoms with Crippen LogP contribution in [0.15, 0.2) is 30.7 Å². The van der Waals surface area contributed by atoms with Gasteiger partial charge in [0, 0.05) is 25.0 Å². The van der Waals surface area contributed by atoms with Gasteiger partial charge in [-0.25, -0.2) is 0 Å². The summed E-state index contributed by atoms with van der Waals surface area (Å²) in [6, 6.07) is 5.50. The van der Waals surface area contributed by atoms with Crippen molar-refractivity contribution in [3.63, 3.8) is 0 Å². The molecule has 0 aliphatic heterocycles. The summed E-state index contributed by atoms with van der Waals surface area (Å²) < 4.78 is 1.70. The molecule has 68 valence electrons. The molecule has 2 aromatic heterocycles. The van der Waals surface area contributed by atoms with Crippen molar-refractivity contribution in [3.8, 4) is 17.3 Å². The van der Waals surface area contributed by atoms with E-state index < -0.39 is 0 Å². The SMILES string of the molecule is Cn1cc(-c2cc(C#N)ccn2)cn1. The van der Waals surface area contributed by atoms with Crippen molar-refractivity contribution in [3.05, 3.63) is 36.3 Å². The number of aryl methyl sites for hydroxylation is 1. The molecule has 0 radical (unpaired) electrons. The van der Waals surface area contributed by atoms with E-state index in [1.54, 1.807) is 29.2 Å². The Labute approximate surface area is 81.4 Å². The molecule has 0 spiro atoms. The summed E-state index contributed by atoms with van der Waals surface area (Å²) in [5, 5.41) is 12.8. The van der Waals surface area contributed by atoms with Crippen molar-refractivity contribution < 1.29 is 0 Å². The van der Waals surface area contributed by atoms with Crippen LogP contribution in [0.1, 0.15) is 5.56 Å². The first-order chi connectivity index (χ1) is 6.79. The number of hydrogen-bond acceptors (Lipinski definition) is 3. The second-order valence-electron chi connectivity index (χ2n) is 2.94. The summed E-state index contributed by atoms with van der Waals surface area (Å²) in [7, 11) is 1.84. The third-order valence-electron chi connectivity index (χ3n) is 1.89. The Morgan fingerprint density at radius 2 is 2.36 bits per heavy atom. The van der Waals surface area contributed by atoms with Crippen LogP contribution in [-0.4, -0.2) is 14.8 Å². The van der Waals surface area contributed by atoms with Crippen LogP contribution >= 0.6 is 0 Å². The average Bonchev–Trinajstić information content (AvgIpc) is 2.65. The first-order valence-corrected chi connectivity index (χ1v) is 4.15. The molecule has 4 nitrogen and oxygen atoms in total. The zero-order valence-electron chi connectivity index (χ0n) is 7.68. The number of hydrogen-bond donors (Lipinski definition) is 0. The quantitative estimate of drug-likeness (QED) is 0.672. The highest BCUT2D eigenvalue weighted by atomic mass is 15.2. The molecule has 2 aromatic rings. The van der Waals surface area contributed by atoms with E-state index in [2.05, 4.69) is 16.2 Å². The lowest BCUT2D eigenvalue weighted by Crippen LogP contribution is -1.85. The highest BCUT2D eigenvalue weighted by Crippen LogP contribution is 2.15. The van der Waals surface area contributed by atoms with E-state index in [0.717, 1.165) is 11.3 Å². The number of aromatic nitrogens is 3. The molecule has 2 heterocycles. The topological polar surface area (TPSA) is 54.5 Å². The van der Waals surface area contributed by atoms with Crippen LogP contribution in [0.5, 0.6) is 0 Å². The third-order valence-corrected chi connectivity index (χ3v) is 1.89. The molecule has 0 aromatic carbocycles.